The second kappa shape index (κ2) is 10.3. The van der Waals surface area contributed by atoms with Crippen molar-refractivity contribution in [2.45, 2.75) is 68.9 Å². The van der Waals surface area contributed by atoms with Gasteiger partial charge in [-0.25, -0.2) is 0 Å². The van der Waals surface area contributed by atoms with Gasteiger partial charge in [-0.1, -0.05) is 30.3 Å². The number of ether oxygens (including phenoxy) is 1. The Morgan fingerprint density at radius 1 is 1.22 bits per heavy atom. The highest BCUT2D eigenvalue weighted by molar-refractivity contribution is 7.98. The highest BCUT2D eigenvalue weighted by atomic mass is 32.2. The highest BCUT2D eigenvalue weighted by Crippen LogP contribution is 2.40. The molecule has 1 amide bonds. The van der Waals surface area contributed by atoms with E-state index in [4.69, 9.17) is 4.74 Å². The molecule has 0 unspecified atom stereocenters. The maximum Gasteiger partial charge on any atom is 0.255 e. The summed E-state index contributed by atoms with van der Waals surface area (Å²) in [5.74, 6) is 0.764. The lowest BCUT2D eigenvalue weighted by Gasteiger charge is -2.25. The number of rotatable bonds is 9. The summed E-state index contributed by atoms with van der Waals surface area (Å²) >= 11 is 1.68. The summed E-state index contributed by atoms with van der Waals surface area (Å²) in [6, 6.07) is 15.3. The molecule has 1 N–H and O–H groups in total. The fourth-order valence-electron chi connectivity index (χ4n) is 4.98. The Hall–Kier alpha value is -1.98. The number of nitrogens with zero attached hydrogens (tertiary/aromatic N) is 1. The first-order chi connectivity index (χ1) is 15.4. The van der Waals surface area contributed by atoms with Gasteiger partial charge in [0.1, 0.15) is 11.4 Å². The van der Waals surface area contributed by atoms with E-state index in [0.29, 0.717) is 18.2 Å². The van der Waals surface area contributed by atoms with Crippen LogP contribution in [0.4, 0.5) is 0 Å². The first-order valence-corrected chi connectivity index (χ1v) is 13.1. The van der Waals surface area contributed by atoms with Crippen LogP contribution in [0.25, 0.3) is 0 Å². The molecule has 2 aromatic rings. The number of benzene rings is 2. The number of thioether (sulfide) groups is 1. The van der Waals surface area contributed by atoms with E-state index in [1.54, 1.807) is 11.8 Å². The lowest BCUT2D eigenvalue weighted by Crippen LogP contribution is -2.40. The molecule has 2 aromatic carbocycles. The largest absolute Gasteiger partial charge is 0.486 e. The molecule has 172 valence electrons. The third kappa shape index (κ3) is 5.68. The molecule has 2 aliphatic heterocycles. The second-order valence-electron chi connectivity index (χ2n) is 9.69. The number of amides is 1. The number of carbonyl (C=O) groups is 1. The van der Waals surface area contributed by atoms with Gasteiger partial charge in [0, 0.05) is 29.5 Å². The molecule has 2 heterocycles. The predicted octanol–water partition coefficient (Wildman–Crippen LogP) is 5.34. The number of fused-ring (bicyclic) bond motifs is 1. The minimum Gasteiger partial charge on any atom is -0.486 e. The van der Waals surface area contributed by atoms with E-state index in [9.17, 15) is 4.79 Å². The van der Waals surface area contributed by atoms with E-state index in [0.717, 1.165) is 48.6 Å². The summed E-state index contributed by atoms with van der Waals surface area (Å²) in [6.07, 6.45) is 8.82. The first-order valence-electron chi connectivity index (χ1n) is 11.9. The van der Waals surface area contributed by atoms with Crippen LogP contribution in [0.2, 0.25) is 0 Å². The van der Waals surface area contributed by atoms with Gasteiger partial charge < -0.3 is 10.1 Å². The number of unbranched alkanes of at least 4 members (excludes halogenated alkanes) is 1. The van der Waals surface area contributed by atoms with Crippen LogP contribution >= 0.6 is 11.8 Å². The Kier molecular flexibility index (Phi) is 7.47. The van der Waals surface area contributed by atoms with Crippen LogP contribution in [-0.2, 0) is 12.8 Å². The fourth-order valence-corrected chi connectivity index (χ4v) is 5.48. The Balaban J connectivity index is 1.30. The van der Waals surface area contributed by atoms with Crippen molar-refractivity contribution in [3.8, 4) is 5.75 Å². The van der Waals surface area contributed by atoms with Gasteiger partial charge in [-0.15, -0.1) is 11.8 Å². The summed E-state index contributed by atoms with van der Waals surface area (Å²) in [6.45, 7) is 7.13. The van der Waals surface area contributed by atoms with Gasteiger partial charge in [-0.3, -0.25) is 9.69 Å². The van der Waals surface area contributed by atoms with E-state index < -0.39 is 0 Å². The normalized spacial score (nSPS) is 19.5. The summed E-state index contributed by atoms with van der Waals surface area (Å²) in [5, 5.41) is 3.23. The second-order valence-corrected chi connectivity index (χ2v) is 10.6. The molecular formula is C27H36N2O2S. The predicted molar refractivity (Wildman–Crippen MR) is 133 cm³/mol. The third-order valence-corrected chi connectivity index (χ3v) is 7.32. The van der Waals surface area contributed by atoms with E-state index in [1.165, 1.54) is 24.8 Å². The fraction of sp³-hybridized carbons (Fsp3) is 0.519. The molecule has 0 aliphatic carbocycles. The molecule has 1 fully saturated rings. The Labute approximate surface area is 197 Å². The quantitative estimate of drug-likeness (QED) is 0.412. The zero-order chi connectivity index (χ0) is 22.6. The average molecular weight is 453 g/mol. The zero-order valence-corrected chi connectivity index (χ0v) is 20.5. The number of aryl methyl sites for hydroxylation is 1. The molecule has 2 aliphatic rings. The summed E-state index contributed by atoms with van der Waals surface area (Å²) in [7, 11) is 0. The van der Waals surface area contributed by atoms with Crippen molar-refractivity contribution in [2.75, 3.05) is 25.9 Å². The van der Waals surface area contributed by atoms with Crippen molar-refractivity contribution in [3.63, 3.8) is 0 Å². The Bertz CT molecular complexity index is 929. The molecule has 0 spiro atoms. The Morgan fingerprint density at radius 2 is 2.03 bits per heavy atom. The van der Waals surface area contributed by atoms with Gasteiger partial charge in [-0.05, 0) is 83.0 Å². The van der Waals surface area contributed by atoms with E-state index in [-0.39, 0.29) is 11.5 Å². The maximum atomic E-state index is 13.1. The van der Waals surface area contributed by atoms with Crippen LogP contribution < -0.4 is 10.1 Å². The van der Waals surface area contributed by atoms with Gasteiger partial charge >= 0.3 is 0 Å². The van der Waals surface area contributed by atoms with Crippen molar-refractivity contribution in [3.05, 3.63) is 59.2 Å². The summed E-state index contributed by atoms with van der Waals surface area (Å²) in [4.78, 5) is 16.8. The topological polar surface area (TPSA) is 41.6 Å². The molecule has 4 nitrogen and oxygen atoms in total. The minimum atomic E-state index is -0.254. The van der Waals surface area contributed by atoms with Crippen molar-refractivity contribution < 1.29 is 9.53 Å². The molecule has 0 bridgehead atoms. The van der Waals surface area contributed by atoms with Crippen LogP contribution in [0.3, 0.4) is 0 Å². The van der Waals surface area contributed by atoms with E-state index in [1.807, 2.05) is 6.07 Å². The van der Waals surface area contributed by atoms with Crippen molar-refractivity contribution in [2.24, 2.45) is 0 Å². The van der Waals surface area contributed by atoms with E-state index >= 15 is 0 Å². The standard InChI is InChI=1S/C27H36N2O2S/c1-27(2)18-21-16-23(32-3)17-24(25(21)31-27)26(30)28-19-22-13-9-15-29(22)14-8-7-12-20-10-5-4-6-11-20/h4-6,10-11,16-17,22H,7-9,12-15,18-19H2,1-3H3,(H,28,30)/t22-/m0/s1. The van der Waals surface area contributed by atoms with Crippen LogP contribution in [0.15, 0.2) is 47.4 Å². The van der Waals surface area contributed by atoms with Crippen LogP contribution in [-0.4, -0.2) is 48.3 Å². The van der Waals surface area contributed by atoms with Crippen LogP contribution in [0.5, 0.6) is 5.75 Å². The molecule has 1 saturated heterocycles. The molecule has 5 heteroatoms. The molecule has 0 radical (unpaired) electrons. The molecule has 32 heavy (non-hydrogen) atoms. The number of hydrogen-bond acceptors (Lipinski definition) is 4. The highest BCUT2D eigenvalue weighted by Gasteiger charge is 2.34. The number of nitrogens with one attached hydrogen (secondary N) is 1. The Morgan fingerprint density at radius 3 is 2.81 bits per heavy atom. The minimum absolute atomic E-state index is 0.00854. The van der Waals surface area contributed by atoms with Gasteiger partial charge in [0.2, 0.25) is 0 Å². The summed E-state index contributed by atoms with van der Waals surface area (Å²) < 4.78 is 6.16. The molecule has 0 saturated carbocycles. The van der Waals surface area contributed by atoms with Crippen LogP contribution in [0, 0.1) is 0 Å². The van der Waals surface area contributed by atoms with Crippen molar-refractivity contribution in [1.82, 2.24) is 10.2 Å². The van der Waals surface area contributed by atoms with Crippen molar-refractivity contribution >= 4 is 17.7 Å². The molecular weight excluding hydrogens is 416 g/mol. The zero-order valence-electron chi connectivity index (χ0n) is 19.7. The van der Waals surface area contributed by atoms with Crippen LogP contribution in [0.1, 0.15) is 61.0 Å². The number of carbonyl (C=O) groups excluding carboxylic acids is 1. The molecule has 4 rings (SSSR count). The van der Waals surface area contributed by atoms with Gasteiger partial charge in [0.25, 0.3) is 5.91 Å². The lowest BCUT2D eigenvalue weighted by atomic mass is 10.0. The maximum absolute atomic E-state index is 13.1. The first kappa shape index (κ1) is 23.2. The van der Waals surface area contributed by atoms with Gasteiger partial charge in [0.15, 0.2) is 0 Å². The number of likely N-dealkylation sites (tertiary alicyclic amines) is 1. The monoisotopic (exact) mass is 452 g/mol. The smallest absolute Gasteiger partial charge is 0.255 e. The summed E-state index contributed by atoms with van der Waals surface area (Å²) in [5.41, 5.74) is 3.00. The van der Waals surface area contributed by atoms with Gasteiger partial charge in [-0.2, -0.15) is 0 Å². The van der Waals surface area contributed by atoms with Gasteiger partial charge in [0.05, 0.1) is 5.56 Å². The lowest BCUT2D eigenvalue weighted by molar-refractivity contribution is 0.0926. The molecule has 0 aromatic heterocycles. The molecule has 1 atom stereocenters. The average Bonchev–Trinajstić information content (AvgIpc) is 3.36. The third-order valence-electron chi connectivity index (χ3n) is 6.62. The van der Waals surface area contributed by atoms with Crippen molar-refractivity contribution in [1.29, 1.82) is 0 Å². The number of hydrogen-bond donors (Lipinski definition) is 1. The SMILES string of the molecule is CSc1cc2c(c(C(=O)NC[C@@H]3CCCN3CCCCc3ccccc3)c1)OC(C)(C)C2. The van der Waals surface area contributed by atoms with E-state index in [2.05, 4.69) is 66.7 Å².